The summed E-state index contributed by atoms with van der Waals surface area (Å²) in [5, 5.41) is 3.08. The predicted molar refractivity (Wildman–Crippen MR) is 103 cm³/mol. The van der Waals surface area contributed by atoms with E-state index in [1.54, 1.807) is 36.4 Å². The van der Waals surface area contributed by atoms with E-state index in [0.29, 0.717) is 17.2 Å². The number of hydrogen-bond donors (Lipinski definition) is 2. The summed E-state index contributed by atoms with van der Waals surface area (Å²) < 4.78 is 27.4. The Kier molecular flexibility index (Phi) is 5.61. The van der Waals surface area contributed by atoms with E-state index in [0.717, 1.165) is 19.3 Å². The van der Waals surface area contributed by atoms with Crippen LogP contribution < -0.4 is 10.0 Å². The van der Waals surface area contributed by atoms with Crippen molar-refractivity contribution in [3.05, 3.63) is 60.2 Å². The smallest absolute Gasteiger partial charge is 0.261 e. The third-order valence-corrected chi connectivity index (χ3v) is 6.28. The third-order valence-electron chi connectivity index (χ3n) is 4.88. The van der Waals surface area contributed by atoms with Gasteiger partial charge in [0.2, 0.25) is 0 Å². The standard InChI is InChI=1S/C20H24N2O3S/c1-15-7-5-6-10-19(15)21-20(23)16-11-13-18(14-12-16)26(24,25)22-17-8-3-2-4-9-17/h2-4,8-9,11-15,19,22H,5-7,10H2,1H3,(H,21,23)/t15-,19-/m1/s1. The number of hydrogen-bond acceptors (Lipinski definition) is 3. The average molecular weight is 372 g/mol. The van der Waals surface area contributed by atoms with Crippen LogP contribution in [-0.2, 0) is 10.0 Å². The summed E-state index contributed by atoms with van der Waals surface area (Å²) in [5.74, 6) is 0.325. The van der Waals surface area contributed by atoms with Crippen molar-refractivity contribution in [3.63, 3.8) is 0 Å². The highest BCUT2D eigenvalue weighted by Crippen LogP contribution is 2.24. The largest absolute Gasteiger partial charge is 0.349 e. The Morgan fingerprint density at radius 1 is 0.962 bits per heavy atom. The van der Waals surface area contributed by atoms with E-state index < -0.39 is 10.0 Å². The van der Waals surface area contributed by atoms with Gasteiger partial charge < -0.3 is 5.32 Å². The Hall–Kier alpha value is -2.34. The van der Waals surface area contributed by atoms with Crippen LogP contribution in [0.15, 0.2) is 59.5 Å². The van der Waals surface area contributed by atoms with E-state index in [2.05, 4.69) is 17.0 Å². The van der Waals surface area contributed by atoms with Crippen LogP contribution in [0.3, 0.4) is 0 Å². The monoisotopic (exact) mass is 372 g/mol. The van der Waals surface area contributed by atoms with E-state index in [4.69, 9.17) is 0 Å². The molecule has 2 aromatic carbocycles. The molecule has 6 heteroatoms. The quantitative estimate of drug-likeness (QED) is 0.838. The normalized spacial score (nSPS) is 20.3. The van der Waals surface area contributed by atoms with Crippen molar-refractivity contribution < 1.29 is 13.2 Å². The van der Waals surface area contributed by atoms with Gasteiger partial charge in [-0.2, -0.15) is 0 Å². The second-order valence-corrected chi connectivity index (χ2v) is 8.52. The Balaban J connectivity index is 1.68. The Morgan fingerprint density at radius 2 is 1.62 bits per heavy atom. The van der Waals surface area contributed by atoms with Crippen LogP contribution in [0.5, 0.6) is 0 Å². The first-order chi connectivity index (χ1) is 12.5. The molecule has 0 bridgehead atoms. The van der Waals surface area contributed by atoms with Crippen LogP contribution in [0.4, 0.5) is 5.69 Å². The molecule has 1 fully saturated rings. The molecule has 1 saturated carbocycles. The molecule has 0 saturated heterocycles. The fraction of sp³-hybridized carbons (Fsp3) is 0.350. The van der Waals surface area contributed by atoms with Crippen molar-refractivity contribution in [1.82, 2.24) is 5.32 Å². The summed E-state index contributed by atoms with van der Waals surface area (Å²) in [6.07, 6.45) is 4.49. The SMILES string of the molecule is C[C@@H]1CCCC[C@H]1NC(=O)c1ccc(S(=O)(=O)Nc2ccccc2)cc1. The summed E-state index contributed by atoms with van der Waals surface area (Å²) in [6, 6.07) is 14.9. The second-order valence-electron chi connectivity index (χ2n) is 6.84. The van der Waals surface area contributed by atoms with Crippen LogP contribution in [-0.4, -0.2) is 20.4 Å². The molecule has 26 heavy (non-hydrogen) atoms. The van der Waals surface area contributed by atoms with Crippen LogP contribution in [0.1, 0.15) is 43.0 Å². The lowest BCUT2D eigenvalue weighted by molar-refractivity contribution is 0.0910. The minimum atomic E-state index is -3.67. The topological polar surface area (TPSA) is 75.3 Å². The summed E-state index contributed by atoms with van der Waals surface area (Å²) in [6.45, 7) is 2.16. The number of amides is 1. The van der Waals surface area contributed by atoms with Gasteiger partial charge in [-0.25, -0.2) is 8.42 Å². The van der Waals surface area contributed by atoms with Crippen molar-refractivity contribution in [2.24, 2.45) is 5.92 Å². The van der Waals surface area contributed by atoms with E-state index in [9.17, 15) is 13.2 Å². The van der Waals surface area contributed by atoms with Gasteiger partial charge in [0.05, 0.1) is 4.90 Å². The van der Waals surface area contributed by atoms with E-state index in [1.807, 2.05) is 6.07 Å². The summed E-state index contributed by atoms with van der Waals surface area (Å²) in [5.41, 5.74) is 0.974. The second kappa shape index (κ2) is 7.91. The minimum absolute atomic E-state index is 0.129. The van der Waals surface area contributed by atoms with Crippen LogP contribution >= 0.6 is 0 Å². The molecule has 1 amide bonds. The van der Waals surface area contributed by atoms with Crippen molar-refractivity contribution in [1.29, 1.82) is 0 Å². The van der Waals surface area contributed by atoms with Gasteiger partial charge in [-0.05, 0) is 55.2 Å². The van der Waals surface area contributed by atoms with Crippen molar-refractivity contribution in [2.75, 3.05) is 4.72 Å². The molecular formula is C20H24N2O3S. The Bertz CT molecular complexity index is 848. The van der Waals surface area contributed by atoms with Gasteiger partial charge in [-0.1, -0.05) is 38.0 Å². The van der Waals surface area contributed by atoms with E-state index in [1.165, 1.54) is 18.6 Å². The molecule has 1 aliphatic carbocycles. The Labute approximate surface area is 154 Å². The first-order valence-electron chi connectivity index (χ1n) is 8.94. The van der Waals surface area contributed by atoms with Gasteiger partial charge in [0.1, 0.15) is 0 Å². The molecule has 0 aliphatic heterocycles. The minimum Gasteiger partial charge on any atom is -0.349 e. The molecule has 2 atom stereocenters. The highest BCUT2D eigenvalue weighted by Gasteiger charge is 2.23. The van der Waals surface area contributed by atoms with Gasteiger partial charge in [-0.15, -0.1) is 0 Å². The molecule has 138 valence electrons. The molecule has 0 spiro atoms. The Morgan fingerprint density at radius 3 is 2.27 bits per heavy atom. The van der Waals surface area contributed by atoms with Crippen LogP contribution in [0.25, 0.3) is 0 Å². The number of benzene rings is 2. The number of nitrogens with one attached hydrogen (secondary N) is 2. The van der Waals surface area contributed by atoms with E-state index >= 15 is 0 Å². The van der Waals surface area contributed by atoms with Crippen molar-refractivity contribution in [3.8, 4) is 0 Å². The molecular weight excluding hydrogens is 348 g/mol. The molecule has 2 aromatic rings. The zero-order valence-corrected chi connectivity index (χ0v) is 15.6. The van der Waals surface area contributed by atoms with Gasteiger partial charge in [0.25, 0.3) is 15.9 Å². The maximum absolute atomic E-state index is 12.4. The number of carbonyl (C=O) groups is 1. The fourth-order valence-corrected chi connectivity index (χ4v) is 4.35. The molecule has 5 nitrogen and oxygen atoms in total. The number of anilines is 1. The molecule has 0 radical (unpaired) electrons. The first kappa shape index (κ1) is 18.5. The van der Waals surface area contributed by atoms with Gasteiger partial charge in [0, 0.05) is 17.3 Å². The maximum atomic E-state index is 12.4. The molecule has 0 heterocycles. The number of para-hydroxylation sites is 1. The number of rotatable bonds is 5. The number of sulfonamides is 1. The summed E-state index contributed by atoms with van der Waals surface area (Å²) in [4.78, 5) is 12.6. The summed E-state index contributed by atoms with van der Waals surface area (Å²) in [7, 11) is -3.67. The molecule has 1 aliphatic rings. The molecule has 2 N–H and O–H groups in total. The van der Waals surface area contributed by atoms with E-state index in [-0.39, 0.29) is 16.8 Å². The summed E-state index contributed by atoms with van der Waals surface area (Å²) >= 11 is 0. The van der Waals surface area contributed by atoms with Crippen molar-refractivity contribution in [2.45, 2.75) is 43.5 Å². The van der Waals surface area contributed by atoms with Crippen molar-refractivity contribution >= 4 is 21.6 Å². The molecule has 0 unspecified atom stereocenters. The van der Waals surface area contributed by atoms with Gasteiger partial charge in [0.15, 0.2) is 0 Å². The lowest BCUT2D eigenvalue weighted by Gasteiger charge is -2.29. The van der Waals surface area contributed by atoms with Crippen LogP contribution in [0, 0.1) is 5.92 Å². The maximum Gasteiger partial charge on any atom is 0.261 e. The highest BCUT2D eigenvalue weighted by molar-refractivity contribution is 7.92. The lowest BCUT2D eigenvalue weighted by atomic mass is 9.86. The van der Waals surface area contributed by atoms with Crippen LogP contribution in [0.2, 0.25) is 0 Å². The first-order valence-corrected chi connectivity index (χ1v) is 10.4. The zero-order chi connectivity index (χ0) is 18.6. The average Bonchev–Trinajstić information content (AvgIpc) is 2.64. The van der Waals surface area contributed by atoms with Gasteiger partial charge >= 0.3 is 0 Å². The number of carbonyl (C=O) groups excluding carboxylic acids is 1. The fourth-order valence-electron chi connectivity index (χ4n) is 3.29. The third kappa shape index (κ3) is 4.43. The van der Waals surface area contributed by atoms with Gasteiger partial charge in [-0.3, -0.25) is 9.52 Å². The predicted octanol–water partition coefficient (Wildman–Crippen LogP) is 3.80. The highest BCUT2D eigenvalue weighted by atomic mass is 32.2. The zero-order valence-electron chi connectivity index (χ0n) is 14.8. The molecule has 0 aromatic heterocycles. The lowest BCUT2D eigenvalue weighted by Crippen LogP contribution is -2.41. The molecule has 3 rings (SSSR count).